The van der Waals surface area contributed by atoms with E-state index in [-0.39, 0.29) is 0 Å². The Kier molecular flexibility index (Phi) is 4.76. The summed E-state index contributed by atoms with van der Waals surface area (Å²) in [6, 6.07) is 8.37. The van der Waals surface area contributed by atoms with Crippen molar-refractivity contribution in [2.45, 2.75) is 32.6 Å². The molecule has 0 bridgehead atoms. The van der Waals surface area contributed by atoms with Crippen molar-refractivity contribution in [1.29, 1.82) is 0 Å². The van der Waals surface area contributed by atoms with Crippen LogP contribution in [0.15, 0.2) is 28.7 Å². The summed E-state index contributed by atoms with van der Waals surface area (Å²) in [5.74, 6) is 2.03. The molecule has 96 valence electrons. The first-order valence-electron chi connectivity index (χ1n) is 6.21. The lowest BCUT2D eigenvalue weighted by atomic mass is 10.0. The Hall–Kier alpha value is -1.35. The molecular weight excluding hydrogens is 248 g/mol. The lowest BCUT2D eigenvalue weighted by Crippen LogP contribution is -1.94. The maximum Gasteiger partial charge on any atom is 0.216 e. The van der Waals surface area contributed by atoms with Crippen molar-refractivity contribution < 1.29 is 4.42 Å². The van der Waals surface area contributed by atoms with Crippen LogP contribution in [-0.2, 0) is 19.3 Å². The largest absolute Gasteiger partial charge is 0.425 e. The van der Waals surface area contributed by atoms with Crippen molar-refractivity contribution >= 4 is 11.6 Å². The molecule has 1 aromatic carbocycles. The van der Waals surface area contributed by atoms with Gasteiger partial charge >= 0.3 is 0 Å². The molecular formula is C14H17ClN2O. The second-order valence-electron chi connectivity index (χ2n) is 4.31. The van der Waals surface area contributed by atoms with Crippen LogP contribution in [0.25, 0.3) is 0 Å². The zero-order valence-electron chi connectivity index (χ0n) is 10.5. The van der Waals surface area contributed by atoms with E-state index in [9.17, 15) is 0 Å². The molecule has 0 N–H and O–H groups in total. The average molecular weight is 265 g/mol. The zero-order valence-corrected chi connectivity index (χ0v) is 11.3. The molecule has 2 rings (SSSR count). The Bertz CT molecular complexity index is 496. The number of aromatic nitrogens is 2. The molecule has 0 aliphatic carbocycles. The summed E-state index contributed by atoms with van der Waals surface area (Å²) in [5.41, 5.74) is 2.64. The summed E-state index contributed by atoms with van der Waals surface area (Å²) in [4.78, 5) is 0. The van der Waals surface area contributed by atoms with Crippen molar-refractivity contribution in [3.8, 4) is 0 Å². The predicted octanol–water partition coefficient (Wildman–Crippen LogP) is 3.33. The van der Waals surface area contributed by atoms with Crippen LogP contribution in [0.1, 0.15) is 29.3 Å². The first-order chi connectivity index (χ1) is 8.79. The lowest BCUT2D eigenvalue weighted by Gasteiger charge is -2.02. The van der Waals surface area contributed by atoms with Crippen LogP contribution < -0.4 is 0 Å². The standard InChI is InChI=1S/C14H17ClN2O/c1-11-5-2-3-6-12(11)8-9-14-17-16-13(18-14)7-4-10-15/h2-3,5-6H,4,7-10H2,1H3. The minimum atomic E-state index is 0.626. The van der Waals surface area contributed by atoms with Crippen LogP contribution in [0.4, 0.5) is 0 Å². The highest BCUT2D eigenvalue weighted by Crippen LogP contribution is 2.11. The number of hydrogen-bond acceptors (Lipinski definition) is 3. The van der Waals surface area contributed by atoms with Crippen molar-refractivity contribution in [2.24, 2.45) is 0 Å². The Labute approximate surface area is 112 Å². The highest BCUT2D eigenvalue weighted by atomic mass is 35.5. The van der Waals surface area contributed by atoms with E-state index in [1.807, 2.05) is 0 Å². The van der Waals surface area contributed by atoms with Gasteiger partial charge in [0.15, 0.2) is 0 Å². The molecule has 0 amide bonds. The summed E-state index contributed by atoms with van der Waals surface area (Å²) < 4.78 is 5.57. The van der Waals surface area contributed by atoms with E-state index in [0.29, 0.717) is 17.7 Å². The van der Waals surface area contributed by atoms with E-state index in [1.54, 1.807) is 0 Å². The van der Waals surface area contributed by atoms with E-state index >= 15 is 0 Å². The lowest BCUT2D eigenvalue weighted by molar-refractivity contribution is 0.447. The molecule has 0 atom stereocenters. The normalized spacial score (nSPS) is 10.8. The van der Waals surface area contributed by atoms with E-state index < -0.39 is 0 Å². The number of hydrogen-bond donors (Lipinski definition) is 0. The SMILES string of the molecule is Cc1ccccc1CCc1nnc(CCCCl)o1. The number of alkyl halides is 1. The van der Waals surface area contributed by atoms with Gasteiger partial charge in [-0.25, -0.2) is 0 Å². The molecule has 0 aliphatic rings. The van der Waals surface area contributed by atoms with Gasteiger partial charge in [0.2, 0.25) is 11.8 Å². The van der Waals surface area contributed by atoms with Crippen LogP contribution >= 0.6 is 11.6 Å². The molecule has 2 aromatic rings. The van der Waals surface area contributed by atoms with Gasteiger partial charge in [-0.15, -0.1) is 21.8 Å². The third-order valence-electron chi connectivity index (χ3n) is 2.90. The van der Waals surface area contributed by atoms with Crippen molar-refractivity contribution in [2.75, 3.05) is 5.88 Å². The highest BCUT2D eigenvalue weighted by molar-refractivity contribution is 6.17. The molecule has 0 aliphatic heterocycles. The number of aryl methyl sites for hydroxylation is 4. The molecule has 18 heavy (non-hydrogen) atoms. The molecule has 1 aromatic heterocycles. The van der Waals surface area contributed by atoms with Crippen LogP contribution in [0.3, 0.4) is 0 Å². The molecule has 3 nitrogen and oxygen atoms in total. The van der Waals surface area contributed by atoms with Crippen LogP contribution in [-0.4, -0.2) is 16.1 Å². The monoisotopic (exact) mass is 264 g/mol. The van der Waals surface area contributed by atoms with E-state index in [2.05, 4.69) is 41.4 Å². The maximum absolute atomic E-state index is 5.63. The Morgan fingerprint density at radius 1 is 1.06 bits per heavy atom. The minimum absolute atomic E-state index is 0.626. The molecule has 0 spiro atoms. The predicted molar refractivity (Wildman–Crippen MR) is 71.9 cm³/mol. The average Bonchev–Trinajstić information content (AvgIpc) is 2.83. The molecule has 1 heterocycles. The van der Waals surface area contributed by atoms with Crippen LogP contribution in [0, 0.1) is 6.92 Å². The number of nitrogens with zero attached hydrogens (tertiary/aromatic N) is 2. The van der Waals surface area contributed by atoms with Gasteiger partial charge in [-0.3, -0.25) is 0 Å². The molecule has 4 heteroatoms. The summed E-state index contributed by atoms with van der Waals surface area (Å²) in [7, 11) is 0. The third kappa shape index (κ3) is 3.57. The van der Waals surface area contributed by atoms with Gasteiger partial charge in [0, 0.05) is 18.7 Å². The van der Waals surface area contributed by atoms with Crippen LogP contribution in [0.2, 0.25) is 0 Å². The summed E-state index contributed by atoms with van der Waals surface area (Å²) in [6.45, 7) is 2.12. The highest BCUT2D eigenvalue weighted by Gasteiger charge is 2.06. The molecule has 0 saturated carbocycles. The first kappa shape index (κ1) is 13.1. The maximum atomic E-state index is 5.63. The van der Waals surface area contributed by atoms with Gasteiger partial charge in [0.05, 0.1) is 0 Å². The number of halogens is 1. The first-order valence-corrected chi connectivity index (χ1v) is 6.75. The summed E-state index contributed by atoms with van der Waals surface area (Å²) in [5, 5.41) is 8.07. The van der Waals surface area contributed by atoms with E-state index in [1.165, 1.54) is 11.1 Å². The quantitative estimate of drug-likeness (QED) is 0.751. The fraction of sp³-hybridized carbons (Fsp3) is 0.429. The van der Waals surface area contributed by atoms with Gasteiger partial charge in [-0.1, -0.05) is 24.3 Å². The van der Waals surface area contributed by atoms with Crippen molar-refractivity contribution in [3.63, 3.8) is 0 Å². The topological polar surface area (TPSA) is 38.9 Å². The van der Waals surface area contributed by atoms with Gasteiger partial charge in [-0.05, 0) is 30.9 Å². The number of benzene rings is 1. The Morgan fingerprint density at radius 3 is 2.50 bits per heavy atom. The molecule has 0 radical (unpaired) electrons. The van der Waals surface area contributed by atoms with E-state index in [0.717, 1.165) is 25.7 Å². The second-order valence-corrected chi connectivity index (χ2v) is 4.69. The van der Waals surface area contributed by atoms with Gasteiger partial charge in [0.25, 0.3) is 0 Å². The van der Waals surface area contributed by atoms with Gasteiger partial charge < -0.3 is 4.42 Å². The summed E-state index contributed by atoms with van der Waals surface area (Å²) in [6.07, 6.45) is 3.37. The molecule has 0 fully saturated rings. The Morgan fingerprint density at radius 2 is 1.78 bits per heavy atom. The van der Waals surface area contributed by atoms with Gasteiger partial charge in [0.1, 0.15) is 0 Å². The minimum Gasteiger partial charge on any atom is -0.425 e. The third-order valence-corrected chi connectivity index (χ3v) is 3.17. The van der Waals surface area contributed by atoms with Crippen molar-refractivity contribution in [3.05, 3.63) is 47.2 Å². The summed E-state index contributed by atoms with van der Waals surface area (Å²) >= 11 is 5.63. The Balaban J connectivity index is 1.90. The zero-order chi connectivity index (χ0) is 12.8. The van der Waals surface area contributed by atoms with Gasteiger partial charge in [-0.2, -0.15) is 0 Å². The van der Waals surface area contributed by atoms with E-state index in [4.69, 9.17) is 16.0 Å². The fourth-order valence-electron chi connectivity index (χ4n) is 1.84. The second kappa shape index (κ2) is 6.55. The molecule has 0 unspecified atom stereocenters. The molecule has 0 saturated heterocycles. The van der Waals surface area contributed by atoms with Crippen molar-refractivity contribution in [1.82, 2.24) is 10.2 Å². The number of rotatable bonds is 6. The van der Waals surface area contributed by atoms with Crippen LogP contribution in [0.5, 0.6) is 0 Å². The fourth-order valence-corrected chi connectivity index (χ4v) is 1.97. The smallest absolute Gasteiger partial charge is 0.216 e.